The molecule has 0 amide bonds. The van der Waals surface area contributed by atoms with Gasteiger partial charge in [0.15, 0.2) is 0 Å². The first-order valence-electron chi connectivity index (χ1n) is 5.92. The van der Waals surface area contributed by atoms with Crippen molar-refractivity contribution in [3.63, 3.8) is 0 Å². The second-order valence-corrected chi connectivity index (χ2v) is 6.06. The molecule has 1 aliphatic rings. The van der Waals surface area contributed by atoms with Crippen LogP contribution in [0, 0.1) is 5.82 Å². The standard InChI is InChI=1S/C13H18FNOS/c1-9-8-15(5-6-17-9)13-4-3-11(10(2)16)7-12(13)14/h3-4,7,9-10,16H,5-6,8H2,1-2H3/t9?,10-/m1/s1. The van der Waals surface area contributed by atoms with Crippen LogP contribution in [0.3, 0.4) is 0 Å². The van der Waals surface area contributed by atoms with Crippen molar-refractivity contribution in [1.29, 1.82) is 0 Å². The molecule has 1 aromatic carbocycles. The van der Waals surface area contributed by atoms with Crippen LogP contribution in [-0.2, 0) is 0 Å². The fourth-order valence-corrected chi connectivity index (χ4v) is 3.09. The molecule has 4 heteroatoms. The molecular formula is C13H18FNOS. The van der Waals surface area contributed by atoms with E-state index in [1.807, 2.05) is 11.8 Å². The smallest absolute Gasteiger partial charge is 0.146 e. The summed E-state index contributed by atoms with van der Waals surface area (Å²) >= 11 is 1.93. The second kappa shape index (κ2) is 5.27. The predicted molar refractivity (Wildman–Crippen MR) is 71.2 cm³/mol. The minimum atomic E-state index is -0.616. The van der Waals surface area contributed by atoms with Gasteiger partial charge in [-0.1, -0.05) is 13.0 Å². The Balaban J connectivity index is 2.21. The van der Waals surface area contributed by atoms with Gasteiger partial charge in [-0.25, -0.2) is 4.39 Å². The molecule has 1 saturated heterocycles. The molecule has 0 aliphatic carbocycles. The van der Waals surface area contributed by atoms with Crippen molar-refractivity contribution in [3.05, 3.63) is 29.6 Å². The first kappa shape index (κ1) is 12.7. The van der Waals surface area contributed by atoms with Crippen molar-refractivity contribution in [1.82, 2.24) is 0 Å². The van der Waals surface area contributed by atoms with E-state index in [1.165, 1.54) is 6.07 Å². The van der Waals surface area contributed by atoms with E-state index in [2.05, 4.69) is 11.8 Å². The highest BCUT2D eigenvalue weighted by molar-refractivity contribution is 8.00. The van der Waals surface area contributed by atoms with Crippen molar-refractivity contribution in [3.8, 4) is 0 Å². The number of aliphatic hydroxyl groups is 1. The summed E-state index contributed by atoms with van der Waals surface area (Å²) in [6.45, 7) is 5.59. The minimum Gasteiger partial charge on any atom is -0.389 e. The Hall–Kier alpha value is -0.740. The summed E-state index contributed by atoms with van der Waals surface area (Å²) in [5, 5.41) is 9.95. The average molecular weight is 255 g/mol. The molecule has 1 heterocycles. The van der Waals surface area contributed by atoms with Gasteiger partial charge in [0.05, 0.1) is 11.8 Å². The summed E-state index contributed by atoms with van der Waals surface area (Å²) in [6.07, 6.45) is -0.616. The Kier molecular flexibility index (Phi) is 3.94. The molecule has 1 aromatic rings. The maximum atomic E-state index is 14.0. The van der Waals surface area contributed by atoms with Gasteiger partial charge < -0.3 is 10.0 Å². The van der Waals surface area contributed by atoms with E-state index in [4.69, 9.17) is 0 Å². The van der Waals surface area contributed by atoms with Crippen LogP contribution < -0.4 is 4.90 Å². The Bertz CT molecular complexity index is 397. The van der Waals surface area contributed by atoms with E-state index in [0.717, 1.165) is 18.8 Å². The fraction of sp³-hybridized carbons (Fsp3) is 0.538. The van der Waals surface area contributed by atoms with Crippen molar-refractivity contribution in [2.24, 2.45) is 0 Å². The Morgan fingerprint density at radius 2 is 2.29 bits per heavy atom. The molecule has 1 fully saturated rings. The first-order valence-corrected chi connectivity index (χ1v) is 6.97. The van der Waals surface area contributed by atoms with Gasteiger partial charge in [-0.15, -0.1) is 0 Å². The molecule has 94 valence electrons. The summed E-state index contributed by atoms with van der Waals surface area (Å²) in [4.78, 5) is 2.09. The number of anilines is 1. The van der Waals surface area contributed by atoms with Gasteiger partial charge in [0.2, 0.25) is 0 Å². The average Bonchev–Trinajstić information content (AvgIpc) is 2.28. The SMILES string of the molecule is CC1CN(c2ccc([C@@H](C)O)cc2F)CCS1. The van der Waals surface area contributed by atoms with Crippen molar-refractivity contribution in [2.45, 2.75) is 25.2 Å². The van der Waals surface area contributed by atoms with E-state index >= 15 is 0 Å². The summed E-state index contributed by atoms with van der Waals surface area (Å²) in [5.41, 5.74) is 1.28. The topological polar surface area (TPSA) is 23.5 Å². The molecule has 1 N–H and O–H groups in total. The van der Waals surface area contributed by atoms with Gasteiger partial charge >= 0.3 is 0 Å². The van der Waals surface area contributed by atoms with Crippen molar-refractivity contribution >= 4 is 17.4 Å². The molecule has 0 bridgehead atoms. The van der Waals surface area contributed by atoms with Gasteiger partial charge in [-0.3, -0.25) is 0 Å². The zero-order valence-corrected chi connectivity index (χ0v) is 11.0. The molecule has 1 aliphatic heterocycles. The number of halogens is 1. The molecule has 0 radical (unpaired) electrons. The highest BCUT2D eigenvalue weighted by atomic mass is 32.2. The fourth-order valence-electron chi connectivity index (χ4n) is 2.08. The lowest BCUT2D eigenvalue weighted by Crippen LogP contribution is -2.37. The van der Waals surface area contributed by atoms with E-state index in [1.54, 1.807) is 19.1 Å². The van der Waals surface area contributed by atoms with Crippen molar-refractivity contribution in [2.75, 3.05) is 23.7 Å². The van der Waals surface area contributed by atoms with Gasteiger partial charge in [0, 0.05) is 24.1 Å². The zero-order chi connectivity index (χ0) is 12.4. The van der Waals surface area contributed by atoms with Crippen LogP contribution >= 0.6 is 11.8 Å². The largest absolute Gasteiger partial charge is 0.389 e. The van der Waals surface area contributed by atoms with Gasteiger partial charge in [0.1, 0.15) is 5.82 Å². The maximum absolute atomic E-state index is 14.0. The summed E-state index contributed by atoms with van der Waals surface area (Å²) in [6, 6.07) is 5.02. The van der Waals surface area contributed by atoms with Crippen LogP contribution in [-0.4, -0.2) is 29.2 Å². The van der Waals surface area contributed by atoms with E-state index in [-0.39, 0.29) is 5.82 Å². The minimum absolute atomic E-state index is 0.234. The van der Waals surface area contributed by atoms with Gasteiger partial charge in [0.25, 0.3) is 0 Å². The van der Waals surface area contributed by atoms with Gasteiger partial charge in [-0.05, 0) is 24.6 Å². The Labute approximate surface area is 106 Å². The third-order valence-corrected chi connectivity index (χ3v) is 4.17. The number of aliphatic hydroxyl groups excluding tert-OH is 1. The van der Waals surface area contributed by atoms with Crippen LogP contribution in [0.25, 0.3) is 0 Å². The van der Waals surface area contributed by atoms with Crippen LogP contribution in [0.4, 0.5) is 10.1 Å². The lowest BCUT2D eigenvalue weighted by molar-refractivity contribution is 0.199. The molecule has 0 aromatic heterocycles. The van der Waals surface area contributed by atoms with Crippen LogP contribution in [0.5, 0.6) is 0 Å². The van der Waals surface area contributed by atoms with Crippen LogP contribution in [0.2, 0.25) is 0 Å². The number of rotatable bonds is 2. The number of benzene rings is 1. The van der Waals surface area contributed by atoms with Gasteiger partial charge in [-0.2, -0.15) is 11.8 Å². The van der Waals surface area contributed by atoms with Crippen LogP contribution in [0.1, 0.15) is 25.5 Å². The Morgan fingerprint density at radius 3 is 2.88 bits per heavy atom. The second-order valence-electron chi connectivity index (χ2n) is 4.51. The van der Waals surface area contributed by atoms with Crippen LogP contribution in [0.15, 0.2) is 18.2 Å². The first-order chi connectivity index (χ1) is 8.08. The molecular weight excluding hydrogens is 237 g/mol. The molecule has 1 unspecified atom stereocenters. The summed E-state index contributed by atoms with van der Waals surface area (Å²) in [5.74, 6) is 0.807. The lowest BCUT2D eigenvalue weighted by atomic mass is 10.1. The molecule has 17 heavy (non-hydrogen) atoms. The highest BCUT2D eigenvalue weighted by Gasteiger charge is 2.19. The number of thioether (sulfide) groups is 1. The predicted octanol–water partition coefficient (Wildman–Crippen LogP) is 2.82. The highest BCUT2D eigenvalue weighted by Crippen LogP contribution is 2.27. The molecule has 2 nitrogen and oxygen atoms in total. The summed E-state index contributed by atoms with van der Waals surface area (Å²) < 4.78 is 14.0. The zero-order valence-electron chi connectivity index (χ0n) is 10.2. The molecule has 2 rings (SSSR count). The molecule has 0 saturated carbocycles. The molecule has 2 atom stereocenters. The molecule has 0 spiro atoms. The number of nitrogens with zero attached hydrogens (tertiary/aromatic N) is 1. The third kappa shape index (κ3) is 2.93. The normalized spacial score (nSPS) is 22.6. The quantitative estimate of drug-likeness (QED) is 0.879. The summed E-state index contributed by atoms with van der Waals surface area (Å²) in [7, 11) is 0. The number of hydrogen-bond donors (Lipinski definition) is 1. The van der Waals surface area contributed by atoms with E-state index < -0.39 is 6.10 Å². The Morgan fingerprint density at radius 1 is 1.53 bits per heavy atom. The lowest BCUT2D eigenvalue weighted by Gasteiger charge is -2.32. The van der Waals surface area contributed by atoms with Crippen molar-refractivity contribution < 1.29 is 9.50 Å². The monoisotopic (exact) mass is 255 g/mol. The number of hydrogen-bond acceptors (Lipinski definition) is 3. The maximum Gasteiger partial charge on any atom is 0.146 e. The van der Waals surface area contributed by atoms with E-state index in [9.17, 15) is 9.50 Å². The van der Waals surface area contributed by atoms with E-state index in [0.29, 0.717) is 16.5 Å². The third-order valence-electron chi connectivity index (χ3n) is 3.04.